The SMILES string of the molecule is CCN(Cc1ccccc1)C(=O)CSc1nnc(C)n2c1cc1oc(C)cc12. The molecule has 0 aliphatic heterocycles. The number of nitrogens with zero attached hydrogens (tertiary/aromatic N) is 4. The molecule has 0 atom stereocenters. The number of fused-ring (bicyclic) bond motifs is 3. The third-order valence-corrected chi connectivity index (χ3v) is 5.68. The number of amides is 1. The highest BCUT2D eigenvalue weighted by Gasteiger charge is 2.18. The fourth-order valence-corrected chi connectivity index (χ4v) is 4.18. The third-order valence-electron chi connectivity index (χ3n) is 4.72. The van der Waals surface area contributed by atoms with Crippen LogP contribution in [0.15, 0.2) is 51.9 Å². The summed E-state index contributed by atoms with van der Waals surface area (Å²) < 4.78 is 7.78. The average Bonchev–Trinajstić information content (AvgIpc) is 3.22. The summed E-state index contributed by atoms with van der Waals surface area (Å²) in [4.78, 5) is 14.6. The number of carbonyl (C=O) groups is 1. The Labute approximate surface area is 167 Å². The van der Waals surface area contributed by atoms with E-state index in [2.05, 4.69) is 10.2 Å². The number of aromatic nitrogens is 3. The Bertz CT molecular complexity index is 1130. The van der Waals surface area contributed by atoms with E-state index >= 15 is 0 Å². The molecule has 0 saturated heterocycles. The molecule has 4 aromatic rings. The fraction of sp³-hybridized carbons (Fsp3) is 0.286. The molecule has 0 unspecified atom stereocenters. The molecule has 3 aromatic heterocycles. The first-order chi connectivity index (χ1) is 13.6. The van der Waals surface area contributed by atoms with Gasteiger partial charge in [0.25, 0.3) is 0 Å². The second-order valence-electron chi connectivity index (χ2n) is 6.71. The minimum atomic E-state index is 0.0861. The number of rotatable bonds is 6. The number of furan rings is 1. The van der Waals surface area contributed by atoms with Gasteiger partial charge < -0.3 is 9.32 Å². The van der Waals surface area contributed by atoms with Crippen LogP contribution in [0, 0.1) is 13.8 Å². The van der Waals surface area contributed by atoms with Crippen molar-refractivity contribution < 1.29 is 9.21 Å². The number of hydrogen-bond acceptors (Lipinski definition) is 5. The molecule has 6 nitrogen and oxygen atoms in total. The molecule has 7 heteroatoms. The van der Waals surface area contributed by atoms with Crippen molar-refractivity contribution in [1.29, 1.82) is 0 Å². The molecule has 0 saturated carbocycles. The van der Waals surface area contributed by atoms with Gasteiger partial charge in [0.2, 0.25) is 5.91 Å². The number of carbonyl (C=O) groups excluding carboxylic acids is 1. The molecule has 1 amide bonds. The zero-order chi connectivity index (χ0) is 19.7. The molecule has 0 aliphatic carbocycles. The summed E-state index contributed by atoms with van der Waals surface area (Å²) in [6.07, 6.45) is 0. The van der Waals surface area contributed by atoms with Gasteiger partial charge in [0.05, 0.1) is 16.8 Å². The Morgan fingerprint density at radius 3 is 2.68 bits per heavy atom. The van der Waals surface area contributed by atoms with Crippen LogP contribution in [0.4, 0.5) is 0 Å². The van der Waals surface area contributed by atoms with E-state index in [0.29, 0.717) is 18.8 Å². The molecule has 1 aromatic carbocycles. The van der Waals surface area contributed by atoms with E-state index in [1.165, 1.54) is 11.8 Å². The normalized spacial score (nSPS) is 11.4. The highest BCUT2D eigenvalue weighted by molar-refractivity contribution is 8.00. The van der Waals surface area contributed by atoms with E-state index in [0.717, 1.165) is 38.8 Å². The Morgan fingerprint density at radius 2 is 1.93 bits per heavy atom. The lowest BCUT2D eigenvalue weighted by atomic mass is 10.2. The summed E-state index contributed by atoms with van der Waals surface area (Å²) in [5.41, 5.74) is 3.84. The van der Waals surface area contributed by atoms with Crippen LogP contribution in [0.25, 0.3) is 16.6 Å². The molecule has 0 aliphatic rings. The second kappa shape index (κ2) is 7.67. The van der Waals surface area contributed by atoms with Crippen molar-refractivity contribution >= 4 is 34.3 Å². The van der Waals surface area contributed by atoms with Gasteiger partial charge in [0, 0.05) is 25.2 Å². The number of hydrogen-bond donors (Lipinski definition) is 0. The largest absolute Gasteiger partial charge is 0.460 e. The van der Waals surface area contributed by atoms with E-state index in [4.69, 9.17) is 4.42 Å². The van der Waals surface area contributed by atoms with Crippen LogP contribution in [0.3, 0.4) is 0 Å². The first-order valence-electron chi connectivity index (χ1n) is 9.26. The van der Waals surface area contributed by atoms with Gasteiger partial charge in [0.15, 0.2) is 5.58 Å². The van der Waals surface area contributed by atoms with Crippen LogP contribution in [0.2, 0.25) is 0 Å². The Hall–Kier alpha value is -2.80. The maximum atomic E-state index is 12.8. The van der Waals surface area contributed by atoms with Gasteiger partial charge in [-0.2, -0.15) is 0 Å². The van der Waals surface area contributed by atoms with Crippen molar-refractivity contribution in [1.82, 2.24) is 19.5 Å². The fourth-order valence-electron chi connectivity index (χ4n) is 3.34. The van der Waals surface area contributed by atoms with Crippen molar-refractivity contribution in [3.63, 3.8) is 0 Å². The van der Waals surface area contributed by atoms with E-state index in [-0.39, 0.29) is 5.91 Å². The number of thioether (sulfide) groups is 1. The zero-order valence-electron chi connectivity index (χ0n) is 16.2. The summed E-state index contributed by atoms with van der Waals surface area (Å²) in [5, 5.41) is 9.33. The number of benzene rings is 1. The lowest BCUT2D eigenvalue weighted by molar-refractivity contribution is -0.128. The van der Waals surface area contributed by atoms with Crippen LogP contribution < -0.4 is 0 Å². The zero-order valence-corrected chi connectivity index (χ0v) is 17.0. The summed E-state index contributed by atoms with van der Waals surface area (Å²) in [5.74, 6) is 2.06. The molecule has 144 valence electrons. The summed E-state index contributed by atoms with van der Waals surface area (Å²) >= 11 is 1.42. The van der Waals surface area contributed by atoms with Gasteiger partial charge in [-0.3, -0.25) is 9.20 Å². The van der Waals surface area contributed by atoms with Gasteiger partial charge in [0.1, 0.15) is 16.6 Å². The molecule has 0 bridgehead atoms. The highest BCUT2D eigenvalue weighted by atomic mass is 32.2. The molecule has 0 spiro atoms. The number of aryl methyl sites for hydroxylation is 2. The predicted octanol–water partition coefficient (Wildman–Crippen LogP) is 4.23. The Morgan fingerprint density at radius 1 is 1.14 bits per heavy atom. The molecule has 4 rings (SSSR count). The van der Waals surface area contributed by atoms with Crippen LogP contribution >= 0.6 is 11.8 Å². The molecule has 0 radical (unpaired) electrons. The van der Waals surface area contributed by atoms with Crippen molar-refractivity contribution in [2.45, 2.75) is 32.3 Å². The molecular weight excluding hydrogens is 372 g/mol. The van der Waals surface area contributed by atoms with Gasteiger partial charge in [-0.25, -0.2) is 0 Å². The highest BCUT2D eigenvalue weighted by Crippen LogP contribution is 2.30. The second-order valence-corrected chi connectivity index (χ2v) is 7.67. The van der Waals surface area contributed by atoms with E-state index in [1.54, 1.807) is 0 Å². The Balaban J connectivity index is 1.54. The minimum Gasteiger partial charge on any atom is -0.460 e. The summed E-state index contributed by atoms with van der Waals surface area (Å²) in [6, 6.07) is 14.0. The van der Waals surface area contributed by atoms with Crippen molar-refractivity contribution in [3.8, 4) is 0 Å². The van der Waals surface area contributed by atoms with Crippen molar-refractivity contribution in [2.75, 3.05) is 12.3 Å². The van der Waals surface area contributed by atoms with Crippen molar-refractivity contribution in [3.05, 3.63) is 59.6 Å². The van der Waals surface area contributed by atoms with Gasteiger partial charge in [-0.15, -0.1) is 10.2 Å². The molecule has 0 fully saturated rings. The quantitative estimate of drug-likeness (QED) is 0.458. The van der Waals surface area contributed by atoms with Gasteiger partial charge >= 0.3 is 0 Å². The van der Waals surface area contributed by atoms with Crippen LogP contribution in [0.1, 0.15) is 24.1 Å². The predicted molar refractivity (Wildman–Crippen MR) is 110 cm³/mol. The standard InChI is InChI=1S/C21H22N4O2S/c1-4-24(12-16-8-6-5-7-9-16)20(26)13-28-21-18-11-19-17(10-14(2)27-19)25(18)15(3)22-23-21/h5-11H,4,12-13H2,1-3H3. The minimum absolute atomic E-state index is 0.0861. The first-order valence-corrected chi connectivity index (χ1v) is 10.2. The van der Waals surface area contributed by atoms with Crippen molar-refractivity contribution in [2.24, 2.45) is 0 Å². The van der Waals surface area contributed by atoms with Crippen LogP contribution in [-0.4, -0.2) is 37.7 Å². The first kappa shape index (κ1) is 18.6. The Kier molecular flexibility index (Phi) is 5.09. The van der Waals surface area contributed by atoms with E-state index < -0.39 is 0 Å². The van der Waals surface area contributed by atoms with E-state index in [1.807, 2.05) is 72.5 Å². The maximum absolute atomic E-state index is 12.8. The van der Waals surface area contributed by atoms with Crippen LogP contribution in [0.5, 0.6) is 0 Å². The maximum Gasteiger partial charge on any atom is 0.233 e. The average molecular weight is 395 g/mol. The van der Waals surface area contributed by atoms with Gasteiger partial charge in [-0.1, -0.05) is 42.1 Å². The molecule has 28 heavy (non-hydrogen) atoms. The topological polar surface area (TPSA) is 63.6 Å². The molecular formula is C21H22N4O2S. The van der Waals surface area contributed by atoms with Gasteiger partial charge in [-0.05, 0) is 26.3 Å². The lowest BCUT2D eigenvalue weighted by Gasteiger charge is -2.20. The summed E-state index contributed by atoms with van der Waals surface area (Å²) in [7, 11) is 0. The monoisotopic (exact) mass is 394 g/mol. The molecule has 0 N–H and O–H groups in total. The third kappa shape index (κ3) is 3.49. The summed E-state index contributed by atoms with van der Waals surface area (Å²) in [6.45, 7) is 7.12. The molecule has 3 heterocycles. The van der Waals surface area contributed by atoms with E-state index in [9.17, 15) is 4.79 Å². The van der Waals surface area contributed by atoms with Crippen LogP contribution in [-0.2, 0) is 11.3 Å². The smallest absolute Gasteiger partial charge is 0.233 e. The lowest BCUT2D eigenvalue weighted by Crippen LogP contribution is -2.31.